The van der Waals surface area contributed by atoms with Gasteiger partial charge in [-0.1, -0.05) is 0 Å². The molecule has 1 saturated carbocycles. The normalized spacial score (nSPS) is 18.9. The van der Waals surface area contributed by atoms with Gasteiger partial charge in [0.2, 0.25) is 5.88 Å². The minimum absolute atomic E-state index is 0.110. The van der Waals surface area contributed by atoms with Crippen molar-refractivity contribution in [3.8, 4) is 5.88 Å². The summed E-state index contributed by atoms with van der Waals surface area (Å²) >= 11 is 0. The molecule has 7 heteroatoms. The number of carbonyl (C=O) groups excluding carboxylic acids is 1. The van der Waals surface area contributed by atoms with Gasteiger partial charge >= 0.3 is 0 Å². The number of carbonyl (C=O) groups is 1. The second kappa shape index (κ2) is 7.36. The molecule has 1 saturated heterocycles. The molecule has 2 N–H and O–H groups in total. The van der Waals surface area contributed by atoms with Gasteiger partial charge in [0.15, 0.2) is 0 Å². The van der Waals surface area contributed by atoms with Gasteiger partial charge in [-0.2, -0.15) is 0 Å². The average Bonchev–Trinajstić information content (AvgIpc) is 3.36. The summed E-state index contributed by atoms with van der Waals surface area (Å²) in [5, 5.41) is 11.8. The Morgan fingerprint density at radius 1 is 1.46 bits per heavy atom. The first-order valence-electron chi connectivity index (χ1n) is 8.44. The molecule has 2 heterocycles. The summed E-state index contributed by atoms with van der Waals surface area (Å²) in [6.45, 7) is 3.86. The SMILES string of the molecule is COC1CN(c2ccc(C(=O)N[C@@H](C)CO)nc2OCC2CC2)C1. The van der Waals surface area contributed by atoms with Crippen LogP contribution in [0.3, 0.4) is 0 Å². The molecule has 3 rings (SSSR count). The number of aliphatic hydroxyl groups is 1. The van der Waals surface area contributed by atoms with Gasteiger partial charge in [-0.3, -0.25) is 4.79 Å². The standard InChI is InChI=1S/C17H25N3O4/c1-11(9-21)18-16(22)14-5-6-15(20-7-13(8-20)23-2)17(19-14)24-10-12-3-4-12/h5-6,11-13,21H,3-4,7-10H2,1-2H3,(H,18,22)/t11-/m0/s1. The van der Waals surface area contributed by atoms with Crippen LogP contribution < -0.4 is 15.0 Å². The highest BCUT2D eigenvalue weighted by Crippen LogP contribution is 2.34. The zero-order chi connectivity index (χ0) is 17.1. The molecule has 0 aromatic carbocycles. The Kier molecular flexibility index (Phi) is 5.20. The van der Waals surface area contributed by atoms with E-state index in [0.717, 1.165) is 18.8 Å². The van der Waals surface area contributed by atoms with Crippen LogP contribution in [0.2, 0.25) is 0 Å². The van der Waals surface area contributed by atoms with E-state index in [1.165, 1.54) is 12.8 Å². The molecule has 24 heavy (non-hydrogen) atoms. The number of ether oxygens (including phenoxy) is 2. The Morgan fingerprint density at radius 2 is 2.21 bits per heavy atom. The number of hydrogen-bond donors (Lipinski definition) is 2. The lowest BCUT2D eigenvalue weighted by molar-refractivity contribution is 0.0782. The van der Waals surface area contributed by atoms with Gasteiger partial charge in [0.25, 0.3) is 5.91 Å². The van der Waals surface area contributed by atoms with E-state index in [-0.39, 0.29) is 24.7 Å². The predicted molar refractivity (Wildman–Crippen MR) is 89.5 cm³/mol. The lowest BCUT2D eigenvalue weighted by atomic mass is 10.1. The second-order valence-electron chi connectivity index (χ2n) is 6.59. The molecule has 0 spiro atoms. The van der Waals surface area contributed by atoms with E-state index in [9.17, 15) is 4.79 Å². The largest absolute Gasteiger partial charge is 0.476 e. The van der Waals surface area contributed by atoms with Crippen LogP contribution in [-0.2, 0) is 4.74 Å². The van der Waals surface area contributed by atoms with Crippen molar-refractivity contribution in [2.24, 2.45) is 5.92 Å². The van der Waals surface area contributed by atoms with Crippen molar-refractivity contribution < 1.29 is 19.4 Å². The molecule has 1 aromatic rings. The fourth-order valence-electron chi connectivity index (χ4n) is 2.52. The number of pyridine rings is 1. The van der Waals surface area contributed by atoms with Crippen molar-refractivity contribution >= 4 is 11.6 Å². The zero-order valence-corrected chi connectivity index (χ0v) is 14.2. The fraction of sp³-hybridized carbons (Fsp3) is 0.647. The smallest absolute Gasteiger partial charge is 0.270 e. The molecule has 132 valence electrons. The molecule has 0 bridgehead atoms. The molecule has 0 radical (unpaired) electrons. The third-order valence-corrected chi connectivity index (χ3v) is 4.40. The van der Waals surface area contributed by atoms with E-state index in [1.54, 1.807) is 20.1 Å². The number of nitrogens with one attached hydrogen (secondary N) is 1. The number of nitrogens with zero attached hydrogens (tertiary/aromatic N) is 2. The summed E-state index contributed by atoms with van der Waals surface area (Å²) in [4.78, 5) is 18.8. The van der Waals surface area contributed by atoms with Crippen LogP contribution in [-0.4, -0.2) is 61.6 Å². The van der Waals surface area contributed by atoms with E-state index >= 15 is 0 Å². The first-order valence-corrected chi connectivity index (χ1v) is 8.44. The summed E-state index contributed by atoms with van der Waals surface area (Å²) in [5.41, 5.74) is 1.20. The molecule has 1 amide bonds. The van der Waals surface area contributed by atoms with Crippen molar-refractivity contribution in [1.29, 1.82) is 0 Å². The number of aromatic nitrogens is 1. The van der Waals surface area contributed by atoms with Crippen molar-refractivity contribution in [1.82, 2.24) is 10.3 Å². The molecule has 1 atom stereocenters. The fourth-order valence-corrected chi connectivity index (χ4v) is 2.52. The van der Waals surface area contributed by atoms with Crippen molar-refractivity contribution in [2.45, 2.75) is 31.9 Å². The molecule has 1 aliphatic carbocycles. The van der Waals surface area contributed by atoms with Gasteiger partial charge in [0.1, 0.15) is 11.4 Å². The summed E-state index contributed by atoms with van der Waals surface area (Å²) in [5.74, 6) is 0.799. The highest BCUT2D eigenvalue weighted by Gasteiger charge is 2.30. The predicted octanol–water partition coefficient (Wildman–Crippen LogP) is 0.816. The Morgan fingerprint density at radius 3 is 2.83 bits per heavy atom. The van der Waals surface area contributed by atoms with Crippen molar-refractivity contribution in [3.63, 3.8) is 0 Å². The maximum absolute atomic E-state index is 12.2. The van der Waals surface area contributed by atoms with Crippen LogP contribution in [0.4, 0.5) is 5.69 Å². The lowest BCUT2D eigenvalue weighted by Gasteiger charge is -2.40. The maximum atomic E-state index is 12.2. The van der Waals surface area contributed by atoms with E-state index in [1.807, 2.05) is 6.07 Å². The monoisotopic (exact) mass is 335 g/mol. The number of hydrogen-bond acceptors (Lipinski definition) is 6. The maximum Gasteiger partial charge on any atom is 0.270 e. The van der Waals surface area contributed by atoms with Gasteiger partial charge in [-0.15, -0.1) is 0 Å². The van der Waals surface area contributed by atoms with E-state index < -0.39 is 0 Å². The van der Waals surface area contributed by atoms with Crippen LogP contribution >= 0.6 is 0 Å². The highest BCUT2D eigenvalue weighted by molar-refractivity contribution is 5.93. The first kappa shape index (κ1) is 17.0. The Hall–Kier alpha value is -1.86. The third kappa shape index (κ3) is 3.96. The molecule has 1 aromatic heterocycles. The van der Waals surface area contributed by atoms with Crippen LogP contribution in [0, 0.1) is 5.92 Å². The van der Waals surface area contributed by atoms with Gasteiger partial charge in [0, 0.05) is 26.2 Å². The summed E-state index contributed by atoms with van der Waals surface area (Å²) in [6, 6.07) is 3.26. The average molecular weight is 335 g/mol. The van der Waals surface area contributed by atoms with E-state index in [4.69, 9.17) is 14.6 Å². The third-order valence-electron chi connectivity index (χ3n) is 4.40. The highest BCUT2D eigenvalue weighted by atomic mass is 16.5. The summed E-state index contributed by atoms with van der Waals surface area (Å²) in [6.07, 6.45) is 2.62. The Labute approximate surface area is 142 Å². The Balaban J connectivity index is 1.74. The van der Waals surface area contributed by atoms with E-state index in [0.29, 0.717) is 24.1 Å². The van der Waals surface area contributed by atoms with Crippen LogP contribution in [0.5, 0.6) is 5.88 Å². The second-order valence-corrected chi connectivity index (χ2v) is 6.59. The molecule has 7 nitrogen and oxygen atoms in total. The molecular weight excluding hydrogens is 310 g/mol. The zero-order valence-electron chi connectivity index (χ0n) is 14.2. The topological polar surface area (TPSA) is 83.9 Å². The number of methoxy groups -OCH3 is 1. The van der Waals surface area contributed by atoms with Crippen LogP contribution in [0.15, 0.2) is 12.1 Å². The van der Waals surface area contributed by atoms with Crippen LogP contribution in [0.25, 0.3) is 0 Å². The minimum Gasteiger partial charge on any atom is -0.476 e. The minimum atomic E-state index is -0.312. The van der Waals surface area contributed by atoms with Gasteiger partial charge < -0.3 is 24.8 Å². The molecule has 2 aliphatic rings. The number of amides is 1. The quantitative estimate of drug-likeness (QED) is 0.732. The van der Waals surface area contributed by atoms with Gasteiger partial charge in [-0.05, 0) is 37.8 Å². The van der Waals surface area contributed by atoms with E-state index in [2.05, 4.69) is 15.2 Å². The number of rotatable bonds is 8. The molecular formula is C17H25N3O4. The molecule has 2 fully saturated rings. The van der Waals surface area contributed by atoms with Crippen LogP contribution in [0.1, 0.15) is 30.3 Å². The summed E-state index contributed by atoms with van der Waals surface area (Å²) < 4.78 is 11.2. The van der Waals surface area contributed by atoms with Gasteiger partial charge in [-0.25, -0.2) is 4.98 Å². The summed E-state index contributed by atoms with van der Waals surface area (Å²) in [7, 11) is 1.71. The van der Waals surface area contributed by atoms with Crippen molar-refractivity contribution in [2.75, 3.05) is 38.3 Å². The molecule has 1 aliphatic heterocycles. The molecule has 0 unspecified atom stereocenters. The number of anilines is 1. The van der Waals surface area contributed by atoms with Crippen molar-refractivity contribution in [3.05, 3.63) is 17.8 Å². The number of aliphatic hydroxyl groups excluding tert-OH is 1. The first-order chi connectivity index (χ1) is 11.6. The Bertz CT molecular complexity index is 585. The van der Waals surface area contributed by atoms with Gasteiger partial charge in [0.05, 0.1) is 19.3 Å². The lowest BCUT2D eigenvalue weighted by Crippen LogP contribution is -2.52.